The third-order valence-corrected chi connectivity index (χ3v) is 2.79. The molecule has 1 unspecified atom stereocenters. The first-order valence-electron chi connectivity index (χ1n) is 5.25. The van der Waals surface area contributed by atoms with Crippen LogP contribution in [0.4, 0.5) is 8.78 Å². The van der Waals surface area contributed by atoms with Gasteiger partial charge in [-0.3, -0.25) is 4.98 Å². The number of nitrogens with zero attached hydrogens (tertiary/aromatic N) is 1. The molecule has 2 nitrogen and oxygen atoms in total. The van der Waals surface area contributed by atoms with Gasteiger partial charge in [0, 0.05) is 16.8 Å². The van der Waals surface area contributed by atoms with E-state index in [1.54, 1.807) is 24.3 Å². The number of aliphatic hydroxyl groups is 1. The van der Waals surface area contributed by atoms with Crippen LogP contribution in [0.15, 0.2) is 42.6 Å². The lowest BCUT2D eigenvalue weighted by Crippen LogP contribution is -2.01. The molecule has 94 valence electrons. The molecule has 18 heavy (non-hydrogen) atoms. The first kappa shape index (κ1) is 12.9. The molecule has 0 aliphatic heterocycles. The molecule has 0 amide bonds. The predicted octanol–water partition coefficient (Wildman–Crippen LogP) is 3.75. The van der Waals surface area contributed by atoms with Crippen molar-refractivity contribution in [2.75, 3.05) is 0 Å². The zero-order valence-corrected chi connectivity index (χ0v) is 9.98. The number of alkyl halides is 2. The summed E-state index contributed by atoms with van der Waals surface area (Å²) in [4.78, 5) is 3.61. The minimum atomic E-state index is -2.60. The molecule has 0 aliphatic rings. The number of hydrogen-bond acceptors (Lipinski definition) is 2. The van der Waals surface area contributed by atoms with Gasteiger partial charge in [0.05, 0.1) is 0 Å². The molecule has 0 bridgehead atoms. The molecule has 0 fully saturated rings. The maximum absolute atomic E-state index is 12.3. The number of pyridine rings is 1. The van der Waals surface area contributed by atoms with Crippen LogP contribution in [-0.2, 0) is 0 Å². The average Bonchev–Trinajstić information content (AvgIpc) is 2.39. The van der Waals surface area contributed by atoms with Crippen LogP contribution in [0.25, 0.3) is 0 Å². The minimum Gasteiger partial charge on any atom is -0.384 e. The van der Waals surface area contributed by atoms with Gasteiger partial charge in [0.1, 0.15) is 11.8 Å². The van der Waals surface area contributed by atoms with Crippen LogP contribution in [0.3, 0.4) is 0 Å². The molecular formula is C13H10ClF2NO. The van der Waals surface area contributed by atoms with E-state index < -0.39 is 12.5 Å². The van der Waals surface area contributed by atoms with Gasteiger partial charge in [-0.25, -0.2) is 8.78 Å². The van der Waals surface area contributed by atoms with E-state index in [0.29, 0.717) is 16.1 Å². The van der Waals surface area contributed by atoms with Gasteiger partial charge < -0.3 is 5.11 Å². The van der Waals surface area contributed by atoms with Crippen molar-refractivity contribution in [3.8, 4) is 0 Å². The van der Waals surface area contributed by atoms with Crippen molar-refractivity contribution in [1.29, 1.82) is 0 Å². The molecule has 0 saturated carbocycles. The lowest BCUT2D eigenvalue weighted by Gasteiger charge is -2.11. The molecule has 1 aromatic carbocycles. The van der Waals surface area contributed by atoms with Crippen molar-refractivity contribution < 1.29 is 13.9 Å². The molecule has 1 N–H and O–H groups in total. The van der Waals surface area contributed by atoms with Crippen molar-refractivity contribution in [1.82, 2.24) is 4.98 Å². The fourth-order valence-electron chi connectivity index (χ4n) is 1.55. The first-order valence-corrected chi connectivity index (χ1v) is 5.63. The van der Waals surface area contributed by atoms with Crippen molar-refractivity contribution in [2.45, 2.75) is 12.5 Å². The Kier molecular flexibility index (Phi) is 3.89. The van der Waals surface area contributed by atoms with Crippen LogP contribution >= 0.6 is 11.6 Å². The second kappa shape index (κ2) is 5.42. The third kappa shape index (κ3) is 2.83. The molecule has 1 atom stereocenters. The van der Waals surface area contributed by atoms with Crippen LogP contribution in [-0.4, -0.2) is 10.1 Å². The molecule has 1 aromatic heterocycles. The maximum Gasteiger partial charge on any atom is 0.280 e. The van der Waals surface area contributed by atoms with E-state index in [9.17, 15) is 13.9 Å². The zero-order chi connectivity index (χ0) is 13.1. The van der Waals surface area contributed by atoms with Gasteiger partial charge in [-0.15, -0.1) is 0 Å². The van der Waals surface area contributed by atoms with Crippen LogP contribution in [0.5, 0.6) is 0 Å². The second-order valence-electron chi connectivity index (χ2n) is 3.77. The van der Waals surface area contributed by atoms with Crippen LogP contribution < -0.4 is 0 Å². The van der Waals surface area contributed by atoms with E-state index in [2.05, 4.69) is 4.98 Å². The number of halogens is 3. The summed E-state index contributed by atoms with van der Waals surface area (Å²) in [5.74, 6) is 0. The molecule has 5 heteroatoms. The monoisotopic (exact) mass is 269 g/mol. The minimum absolute atomic E-state index is 0.304. The SMILES string of the molecule is OC(c1ccc(Cl)cc1)c1ccc(C(F)F)nc1. The molecule has 2 aromatic rings. The second-order valence-corrected chi connectivity index (χ2v) is 4.21. The van der Waals surface area contributed by atoms with Gasteiger partial charge in [-0.2, -0.15) is 0 Å². The Morgan fingerprint density at radius 3 is 2.11 bits per heavy atom. The zero-order valence-electron chi connectivity index (χ0n) is 9.22. The highest BCUT2D eigenvalue weighted by Crippen LogP contribution is 2.24. The van der Waals surface area contributed by atoms with Gasteiger partial charge in [-0.1, -0.05) is 29.8 Å². The third-order valence-electron chi connectivity index (χ3n) is 2.53. The van der Waals surface area contributed by atoms with Crippen LogP contribution in [0, 0.1) is 0 Å². The van der Waals surface area contributed by atoms with E-state index in [-0.39, 0.29) is 5.69 Å². The molecule has 0 saturated heterocycles. The number of hydrogen-bond donors (Lipinski definition) is 1. The summed E-state index contributed by atoms with van der Waals surface area (Å²) in [6, 6.07) is 9.30. The molecule has 2 rings (SSSR count). The summed E-state index contributed by atoms with van der Waals surface area (Å²) >= 11 is 5.74. The summed E-state index contributed by atoms with van der Waals surface area (Å²) in [6.45, 7) is 0. The van der Waals surface area contributed by atoms with Gasteiger partial charge in [0.15, 0.2) is 0 Å². The topological polar surface area (TPSA) is 33.1 Å². The number of benzene rings is 1. The number of aliphatic hydroxyl groups excluding tert-OH is 1. The molecular weight excluding hydrogens is 260 g/mol. The van der Waals surface area contributed by atoms with Crippen molar-refractivity contribution in [3.05, 3.63) is 64.4 Å². The van der Waals surface area contributed by atoms with Gasteiger partial charge in [0.2, 0.25) is 0 Å². The Morgan fingerprint density at radius 1 is 1.00 bits per heavy atom. The molecule has 0 spiro atoms. The maximum atomic E-state index is 12.3. The highest BCUT2D eigenvalue weighted by Gasteiger charge is 2.13. The number of aromatic nitrogens is 1. The van der Waals surface area contributed by atoms with Crippen molar-refractivity contribution >= 4 is 11.6 Å². The lowest BCUT2D eigenvalue weighted by atomic mass is 10.0. The van der Waals surface area contributed by atoms with Gasteiger partial charge in [-0.05, 0) is 23.8 Å². The Bertz CT molecular complexity index is 514. The Labute approximate surface area is 108 Å². The summed E-state index contributed by atoms with van der Waals surface area (Å²) in [5.41, 5.74) is 0.787. The van der Waals surface area contributed by atoms with Gasteiger partial charge >= 0.3 is 0 Å². The van der Waals surface area contributed by atoms with E-state index in [4.69, 9.17) is 11.6 Å². The molecule has 1 heterocycles. The normalized spacial score (nSPS) is 12.7. The highest BCUT2D eigenvalue weighted by molar-refractivity contribution is 6.30. The summed E-state index contributed by atoms with van der Waals surface area (Å²) in [7, 11) is 0. The lowest BCUT2D eigenvalue weighted by molar-refractivity contribution is 0.145. The summed E-state index contributed by atoms with van der Waals surface area (Å²) < 4.78 is 24.7. The van der Waals surface area contributed by atoms with E-state index in [1.165, 1.54) is 18.3 Å². The number of rotatable bonds is 3. The Balaban J connectivity index is 2.23. The summed E-state index contributed by atoms with van der Waals surface area (Å²) in [6.07, 6.45) is -2.26. The van der Waals surface area contributed by atoms with Crippen LogP contribution in [0.1, 0.15) is 29.4 Å². The van der Waals surface area contributed by atoms with Crippen molar-refractivity contribution in [3.63, 3.8) is 0 Å². The smallest absolute Gasteiger partial charge is 0.280 e. The fourth-order valence-corrected chi connectivity index (χ4v) is 1.67. The standard InChI is InChI=1S/C13H10ClF2NO/c14-10-4-1-8(2-5-10)12(18)9-3-6-11(13(15)16)17-7-9/h1-7,12-13,18H. The fraction of sp³-hybridized carbons (Fsp3) is 0.154. The van der Waals surface area contributed by atoms with Gasteiger partial charge in [0.25, 0.3) is 6.43 Å². The Hall–Kier alpha value is -1.52. The van der Waals surface area contributed by atoms with E-state index in [0.717, 1.165) is 0 Å². The molecule has 0 radical (unpaired) electrons. The molecule has 0 aliphatic carbocycles. The van der Waals surface area contributed by atoms with Crippen molar-refractivity contribution in [2.24, 2.45) is 0 Å². The average molecular weight is 270 g/mol. The quantitative estimate of drug-likeness (QED) is 0.920. The van der Waals surface area contributed by atoms with E-state index in [1.807, 2.05) is 0 Å². The van der Waals surface area contributed by atoms with E-state index >= 15 is 0 Å². The first-order chi connectivity index (χ1) is 8.58. The van der Waals surface area contributed by atoms with Crippen LogP contribution in [0.2, 0.25) is 5.02 Å². The Morgan fingerprint density at radius 2 is 1.61 bits per heavy atom. The summed E-state index contributed by atoms with van der Waals surface area (Å²) in [5, 5.41) is 10.6. The largest absolute Gasteiger partial charge is 0.384 e. The highest BCUT2D eigenvalue weighted by atomic mass is 35.5. The predicted molar refractivity (Wildman–Crippen MR) is 64.7 cm³/mol.